The molecule has 2 aromatic rings. The summed E-state index contributed by atoms with van der Waals surface area (Å²) in [5.41, 5.74) is 1.98. The van der Waals surface area contributed by atoms with Crippen LogP contribution in [-0.2, 0) is 0 Å². The molecule has 1 fully saturated rings. The molecule has 0 amide bonds. The van der Waals surface area contributed by atoms with Crippen molar-refractivity contribution in [3.05, 3.63) is 41.9 Å². The third-order valence-corrected chi connectivity index (χ3v) is 3.80. The van der Waals surface area contributed by atoms with Crippen molar-refractivity contribution in [3.63, 3.8) is 0 Å². The Morgan fingerprint density at radius 1 is 1.05 bits per heavy atom. The van der Waals surface area contributed by atoms with Crippen LogP contribution >= 0.6 is 0 Å². The number of hydrogen-bond acceptors (Lipinski definition) is 5. The van der Waals surface area contributed by atoms with E-state index in [0.717, 1.165) is 49.0 Å². The first-order chi connectivity index (χ1) is 9.74. The Morgan fingerprint density at radius 3 is 2.45 bits per heavy atom. The Kier molecular flexibility index (Phi) is 3.58. The van der Waals surface area contributed by atoms with Gasteiger partial charge in [0.1, 0.15) is 11.6 Å². The van der Waals surface area contributed by atoms with Crippen LogP contribution in [0, 0.1) is 13.8 Å². The molecule has 20 heavy (non-hydrogen) atoms. The summed E-state index contributed by atoms with van der Waals surface area (Å²) in [4.78, 5) is 20.1. The normalized spacial score (nSPS) is 16.4. The van der Waals surface area contributed by atoms with Gasteiger partial charge >= 0.3 is 0 Å². The third kappa shape index (κ3) is 2.61. The molecule has 1 aliphatic rings. The molecule has 104 valence electrons. The lowest BCUT2D eigenvalue weighted by Gasteiger charge is -2.32. The Hall–Kier alpha value is -2.04. The molecule has 1 saturated heterocycles. The van der Waals surface area contributed by atoms with Gasteiger partial charge in [0.15, 0.2) is 0 Å². The number of piperidine rings is 1. The van der Waals surface area contributed by atoms with E-state index in [1.807, 2.05) is 38.5 Å². The quantitative estimate of drug-likeness (QED) is 0.837. The first-order valence-electron chi connectivity index (χ1n) is 7.06. The predicted octanol–water partition coefficient (Wildman–Crippen LogP) is 2.27. The van der Waals surface area contributed by atoms with Gasteiger partial charge in [0.25, 0.3) is 0 Å². The Morgan fingerprint density at radius 2 is 1.75 bits per heavy atom. The van der Waals surface area contributed by atoms with Gasteiger partial charge in [-0.3, -0.25) is 4.98 Å². The maximum Gasteiger partial charge on any atom is 0.150 e. The highest BCUT2D eigenvalue weighted by Gasteiger charge is 2.24. The molecule has 0 saturated carbocycles. The van der Waals surface area contributed by atoms with Crippen LogP contribution in [-0.4, -0.2) is 33.0 Å². The van der Waals surface area contributed by atoms with Gasteiger partial charge in [0.2, 0.25) is 0 Å². The molecule has 0 N–H and O–H groups in total. The first kappa shape index (κ1) is 13.0. The largest absolute Gasteiger partial charge is 0.355 e. The number of rotatable bonds is 2. The minimum atomic E-state index is 0.463. The Bertz CT molecular complexity index is 576. The van der Waals surface area contributed by atoms with Gasteiger partial charge in [-0.25, -0.2) is 15.0 Å². The summed E-state index contributed by atoms with van der Waals surface area (Å²) in [6.45, 7) is 5.98. The minimum Gasteiger partial charge on any atom is -0.355 e. The van der Waals surface area contributed by atoms with Gasteiger partial charge in [-0.1, -0.05) is 0 Å². The number of nitrogens with zero attached hydrogens (tertiary/aromatic N) is 5. The van der Waals surface area contributed by atoms with Gasteiger partial charge < -0.3 is 4.90 Å². The number of aromatic nitrogens is 4. The zero-order valence-corrected chi connectivity index (χ0v) is 12.0. The summed E-state index contributed by atoms with van der Waals surface area (Å²) in [5.74, 6) is 2.46. The fourth-order valence-electron chi connectivity index (χ4n) is 2.70. The maximum atomic E-state index is 4.63. The highest BCUT2D eigenvalue weighted by Crippen LogP contribution is 2.28. The lowest BCUT2D eigenvalue weighted by atomic mass is 9.96. The highest BCUT2D eigenvalue weighted by atomic mass is 15.2. The summed E-state index contributed by atoms with van der Waals surface area (Å²) in [6.07, 6.45) is 7.61. The molecule has 0 atom stereocenters. The van der Waals surface area contributed by atoms with E-state index in [4.69, 9.17) is 0 Å². The van der Waals surface area contributed by atoms with E-state index >= 15 is 0 Å². The van der Waals surface area contributed by atoms with Crippen molar-refractivity contribution < 1.29 is 0 Å². The summed E-state index contributed by atoms with van der Waals surface area (Å²) in [7, 11) is 0. The number of aryl methyl sites for hydroxylation is 2. The summed E-state index contributed by atoms with van der Waals surface area (Å²) < 4.78 is 0. The van der Waals surface area contributed by atoms with E-state index in [2.05, 4.69) is 24.8 Å². The molecular formula is C15H19N5. The van der Waals surface area contributed by atoms with Crippen LogP contribution < -0.4 is 4.90 Å². The molecule has 5 heteroatoms. The number of anilines is 1. The molecule has 3 rings (SSSR count). The van der Waals surface area contributed by atoms with Crippen molar-refractivity contribution in [3.8, 4) is 0 Å². The third-order valence-electron chi connectivity index (χ3n) is 3.80. The Balaban J connectivity index is 1.71. The lowest BCUT2D eigenvalue weighted by Crippen LogP contribution is -2.34. The van der Waals surface area contributed by atoms with Gasteiger partial charge in [-0.15, -0.1) is 0 Å². The van der Waals surface area contributed by atoms with E-state index in [9.17, 15) is 0 Å². The first-order valence-corrected chi connectivity index (χ1v) is 7.06. The Labute approximate surface area is 119 Å². The molecule has 0 aliphatic carbocycles. The van der Waals surface area contributed by atoms with Crippen LogP contribution in [0.2, 0.25) is 0 Å². The van der Waals surface area contributed by atoms with Gasteiger partial charge in [0, 0.05) is 37.6 Å². The monoisotopic (exact) mass is 269 g/mol. The van der Waals surface area contributed by atoms with Gasteiger partial charge in [0.05, 0.1) is 11.4 Å². The second kappa shape index (κ2) is 5.53. The van der Waals surface area contributed by atoms with Crippen LogP contribution in [0.25, 0.3) is 0 Å². The molecule has 0 bridgehead atoms. The second-order valence-electron chi connectivity index (χ2n) is 5.29. The van der Waals surface area contributed by atoms with E-state index < -0.39 is 0 Å². The fourth-order valence-corrected chi connectivity index (χ4v) is 2.70. The van der Waals surface area contributed by atoms with Gasteiger partial charge in [-0.2, -0.15) is 0 Å². The zero-order valence-electron chi connectivity index (χ0n) is 12.0. The molecule has 5 nitrogen and oxygen atoms in total. The summed E-state index contributed by atoms with van der Waals surface area (Å²) >= 11 is 0. The van der Waals surface area contributed by atoms with E-state index in [1.165, 1.54) is 0 Å². The van der Waals surface area contributed by atoms with E-state index in [-0.39, 0.29) is 0 Å². The lowest BCUT2D eigenvalue weighted by molar-refractivity contribution is 0.482. The van der Waals surface area contributed by atoms with Crippen LogP contribution in [0.3, 0.4) is 0 Å². The molecule has 0 spiro atoms. The SMILES string of the molecule is Cc1cnc(C)c(N2CCC(c3ncccn3)CC2)n1. The zero-order chi connectivity index (χ0) is 13.9. The summed E-state index contributed by atoms with van der Waals surface area (Å²) in [6, 6.07) is 1.87. The summed E-state index contributed by atoms with van der Waals surface area (Å²) in [5, 5.41) is 0. The minimum absolute atomic E-state index is 0.463. The predicted molar refractivity (Wildman–Crippen MR) is 77.7 cm³/mol. The standard InChI is InChI=1S/C15H19N5/c1-11-10-18-12(2)15(19-11)20-8-4-13(5-9-20)14-16-6-3-7-17-14/h3,6-7,10,13H,4-5,8-9H2,1-2H3. The van der Waals surface area contributed by atoms with Crippen LogP contribution in [0.15, 0.2) is 24.7 Å². The molecule has 0 radical (unpaired) electrons. The van der Waals surface area contributed by atoms with Crippen LogP contribution in [0.5, 0.6) is 0 Å². The van der Waals surface area contributed by atoms with Gasteiger partial charge in [-0.05, 0) is 32.8 Å². The molecular weight excluding hydrogens is 250 g/mol. The van der Waals surface area contributed by atoms with E-state index in [0.29, 0.717) is 5.92 Å². The van der Waals surface area contributed by atoms with Crippen molar-refractivity contribution >= 4 is 5.82 Å². The van der Waals surface area contributed by atoms with Crippen molar-refractivity contribution in [1.82, 2.24) is 19.9 Å². The molecule has 3 heterocycles. The molecule has 0 unspecified atom stereocenters. The smallest absolute Gasteiger partial charge is 0.150 e. The van der Waals surface area contributed by atoms with Crippen molar-refractivity contribution in [1.29, 1.82) is 0 Å². The average Bonchev–Trinajstić information content (AvgIpc) is 2.51. The maximum absolute atomic E-state index is 4.63. The van der Waals surface area contributed by atoms with Crippen LogP contribution in [0.4, 0.5) is 5.82 Å². The second-order valence-corrected chi connectivity index (χ2v) is 5.29. The van der Waals surface area contributed by atoms with Crippen LogP contribution in [0.1, 0.15) is 36.0 Å². The molecule has 2 aromatic heterocycles. The average molecular weight is 269 g/mol. The molecule has 0 aromatic carbocycles. The number of hydrogen-bond donors (Lipinski definition) is 0. The van der Waals surface area contributed by atoms with E-state index in [1.54, 1.807) is 0 Å². The van der Waals surface area contributed by atoms with Crippen molar-refractivity contribution in [2.75, 3.05) is 18.0 Å². The van der Waals surface area contributed by atoms with Crippen molar-refractivity contribution in [2.24, 2.45) is 0 Å². The van der Waals surface area contributed by atoms with Crippen molar-refractivity contribution in [2.45, 2.75) is 32.6 Å². The highest BCUT2D eigenvalue weighted by molar-refractivity contribution is 5.43. The topological polar surface area (TPSA) is 54.8 Å². The fraction of sp³-hybridized carbons (Fsp3) is 0.467. The molecule has 1 aliphatic heterocycles.